The van der Waals surface area contributed by atoms with Gasteiger partial charge in [0.25, 0.3) is 0 Å². The van der Waals surface area contributed by atoms with E-state index in [0.29, 0.717) is 30.1 Å². The van der Waals surface area contributed by atoms with Gasteiger partial charge < -0.3 is 18.9 Å². The summed E-state index contributed by atoms with van der Waals surface area (Å²) in [5.74, 6) is 0.221. The van der Waals surface area contributed by atoms with Gasteiger partial charge in [0.2, 0.25) is 0 Å². The van der Waals surface area contributed by atoms with E-state index in [2.05, 4.69) is 18.6 Å². The summed E-state index contributed by atoms with van der Waals surface area (Å²) in [5, 5.41) is 0. The Morgan fingerprint density at radius 2 is 1.46 bits per heavy atom. The summed E-state index contributed by atoms with van der Waals surface area (Å²) in [6.07, 6.45) is 3.20. The van der Waals surface area contributed by atoms with Crippen LogP contribution >= 0.6 is 0 Å². The van der Waals surface area contributed by atoms with Crippen molar-refractivity contribution in [3.63, 3.8) is 0 Å². The Balaban J connectivity index is 2.26. The van der Waals surface area contributed by atoms with E-state index < -0.39 is 18.4 Å². The quantitative estimate of drug-likeness (QED) is 0.153. The molecule has 0 saturated heterocycles. The van der Waals surface area contributed by atoms with Crippen LogP contribution in [0.25, 0.3) is 11.1 Å². The van der Waals surface area contributed by atoms with Gasteiger partial charge in [0.15, 0.2) is 17.6 Å². The second-order valence-electron chi connectivity index (χ2n) is 8.85. The van der Waals surface area contributed by atoms with Gasteiger partial charge in [-0.15, -0.1) is 13.2 Å². The first-order chi connectivity index (χ1) is 17.8. The van der Waals surface area contributed by atoms with E-state index in [1.807, 2.05) is 0 Å². The van der Waals surface area contributed by atoms with E-state index in [1.165, 1.54) is 12.1 Å². The number of hydrogen-bond acceptors (Lipinski definition) is 5. The third kappa shape index (κ3) is 11.4. The molecule has 206 valence electrons. The number of alkyl halides is 3. The molecule has 2 aromatic rings. The molecular weight excluding hydrogens is 485 g/mol. The summed E-state index contributed by atoms with van der Waals surface area (Å²) in [6.45, 7) is 6.77. The van der Waals surface area contributed by atoms with Crippen LogP contribution < -0.4 is 14.2 Å². The first kappa shape index (κ1) is 30.3. The first-order valence-corrected chi connectivity index (χ1v) is 13.2. The number of rotatable bonds is 17. The van der Waals surface area contributed by atoms with E-state index in [9.17, 15) is 18.0 Å². The predicted octanol–water partition coefficient (Wildman–Crippen LogP) is 8.49. The SMILES string of the molecule is CCCCCCOc1cc(-c2ccc(OC(F)(F)F)cc2)ccc1OC(CCCCCC)C(=O)OCC. The number of hydrogen-bond donors (Lipinski definition) is 0. The van der Waals surface area contributed by atoms with E-state index in [0.717, 1.165) is 56.9 Å². The summed E-state index contributed by atoms with van der Waals surface area (Å²) < 4.78 is 58.9. The van der Waals surface area contributed by atoms with E-state index in [-0.39, 0.29) is 12.4 Å². The van der Waals surface area contributed by atoms with Crippen molar-refractivity contribution in [2.45, 2.75) is 91.0 Å². The van der Waals surface area contributed by atoms with Crippen LogP contribution in [0.4, 0.5) is 13.2 Å². The van der Waals surface area contributed by atoms with Crippen molar-refractivity contribution in [1.29, 1.82) is 0 Å². The van der Waals surface area contributed by atoms with Gasteiger partial charge in [-0.05, 0) is 61.6 Å². The Kier molecular flexibility index (Phi) is 13.2. The average molecular weight is 525 g/mol. The van der Waals surface area contributed by atoms with E-state index >= 15 is 0 Å². The zero-order valence-corrected chi connectivity index (χ0v) is 22.1. The molecule has 0 aliphatic carbocycles. The second-order valence-corrected chi connectivity index (χ2v) is 8.85. The molecule has 0 aliphatic heterocycles. The van der Waals surface area contributed by atoms with E-state index in [1.54, 1.807) is 37.3 Å². The lowest BCUT2D eigenvalue weighted by atomic mass is 10.0. The maximum Gasteiger partial charge on any atom is 0.573 e. The Morgan fingerprint density at radius 1 is 0.811 bits per heavy atom. The molecule has 0 aliphatic rings. The maximum absolute atomic E-state index is 12.6. The monoisotopic (exact) mass is 524 g/mol. The lowest BCUT2D eigenvalue weighted by molar-refractivity contribution is -0.274. The zero-order valence-electron chi connectivity index (χ0n) is 22.1. The smallest absolute Gasteiger partial charge is 0.490 e. The van der Waals surface area contributed by atoms with Gasteiger partial charge >= 0.3 is 12.3 Å². The molecule has 0 aromatic heterocycles. The van der Waals surface area contributed by atoms with Crippen molar-refractivity contribution in [1.82, 2.24) is 0 Å². The number of carbonyl (C=O) groups is 1. The Hall–Kier alpha value is -2.90. The Bertz CT molecular complexity index is 928. The van der Waals surface area contributed by atoms with Crippen LogP contribution in [0.3, 0.4) is 0 Å². The average Bonchev–Trinajstić information content (AvgIpc) is 2.86. The van der Waals surface area contributed by atoms with Crippen LogP contribution in [0.5, 0.6) is 17.2 Å². The Labute approximate surface area is 218 Å². The van der Waals surface area contributed by atoms with Crippen LogP contribution in [-0.2, 0) is 9.53 Å². The summed E-state index contributed by atoms with van der Waals surface area (Å²) in [6, 6.07) is 11.0. The van der Waals surface area contributed by atoms with Gasteiger partial charge in [0.1, 0.15) is 5.75 Å². The number of ether oxygens (including phenoxy) is 4. The fourth-order valence-electron chi connectivity index (χ4n) is 3.83. The van der Waals surface area contributed by atoms with Crippen LogP contribution in [-0.4, -0.2) is 31.6 Å². The standard InChI is InChI=1S/C29H39F3O5/c1-4-7-9-11-13-26(28(33)34-6-3)36-25-19-16-23(21-27(25)35-20-12-10-8-5-2)22-14-17-24(18-15-22)37-29(30,31)32/h14-19,21,26H,4-13,20H2,1-3H3. The lowest BCUT2D eigenvalue weighted by Crippen LogP contribution is -2.29. The molecule has 0 bridgehead atoms. The molecule has 1 unspecified atom stereocenters. The normalized spacial score (nSPS) is 12.2. The Morgan fingerprint density at radius 3 is 2.08 bits per heavy atom. The summed E-state index contributed by atoms with van der Waals surface area (Å²) in [7, 11) is 0. The van der Waals surface area contributed by atoms with Crippen molar-refractivity contribution in [2.24, 2.45) is 0 Å². The number of halogens is 3. The molecule has 2 rings (SSSR count). The highest BCUT2D eigenvalue weighted by molar-refractivity contribution is 5.75. The van der Waals surface area contributed by atoms with Crippen molar-refractivity contribution < 1.29 is 36.9 Å². The third-order valence-electron chi connectivity index (χ3n) is 5.76. The topological polar surface area (TPSA) is 54.0 Å². The highest BCUT2D eigenvalue weighted by Crippen LogP contribution is 2.35. The molecule has 0 N–H and O–H groups in total. The molecule has 8 heteroatoms. The highest BCUT2D eigenvalue weighted by Gasteiger charge is 2.31. The molecule has 0 saturated carbocycles. The van der Waals surface area contributed by atoms with Gasteiger partial charge in [0.05, 0.1) is 13.2 Å². The summed E-state index contributed by atoms with van der Waals surface area (Å²) in [4.78, 5) is 12.6. The predicted molar refractivity (Wildman–Crippen MR) is 138 cm³/mol. The van der Waals surface area contributed by atoms with Crippen LogP contribution in [0.2, 0.25) is 0 Å². The number of benzene rings is 2. The molecule has 0 spiro atoms. The zero-order chi connectivity index (χ0) is 27.1. The molecule has 2 aromatic carbocycles. The third-order valence-corrected chi connectivity index (χ3v) is 5.76. The summed E-state index contributed by atoms with van der Waals surface area (Å²) in [5.41, 5.74) is 1.43. The minimum absolute atomic E-state index is 0.265. The van der Waals surface area contributed by atoms with Crippen molar-refractivity contribution in [3.8, 4) is 28.4 Å². The van der Waals surface area contributed by atoms with Gasteiger partial charge in [-0.3, -0.25) is 0 Å². The first-order valence-electron chi connectivity index (χ1n) is 13.2. The van der Waals surface area contributed by atoms with Crippen LogP contribution in [0.1, 0.15) is 78.6 Å². The van der Waals surface area contributed by atoms with Crippen LogP contribution in [0, 0.1) is 0 Å². The molecule has 5 nitrogen and oxygen atoms in total. The molecule has 1 atom stereocenters. The molecule has 0 heterocycles. The van der Waals surface area contributed by atoms with Crippen molar-refractivity contribution in [3.05, 3.63) is 42.5 Å². The van der Waals surface area contributed by atoms with Crippen molar-refractivity contribution >= 4 is 5.97 Å². The minimum atomic E-state index is -4.74. The molecule has 0 fully saturated rings. The van der Waals surface area contributed by atoms with Crippen LogP contribution in [0.15, 0.2) is 42.5 Å². The van der Waals surface area contributed by atoms with Gasteiger partial charge in [-0.2, -0.15) is 0 Å². The lowest BCUT2D eigenvalue weighted by Gasteiger charge is -2.20. The summed E-state index contributed by atoms with van der Waals surface area (Å²) >= 11 is 0. The van der Waals surface area contributed by atoms with E-state index in [4.69, 9.17) is 14.2 Å². The van der Waals surface area contributed by atoms with Crippen molar-refractivity contribution in [2.75, 3.05) is 13.2 Å². The molecule has 0 amide bonds. The second kappa shape index (κ2) is 16.0. The molecular formula is C29H39F3O5. The highest BCUT2D eigenvalue weighted by atomic mass is 19.4. The molecule has 0 radical (unpaired) electrons. The number of esters is 1. The number of unbranched alkanes of at least 4 members (excludes halogenated alkanes) is 6. The largest absolute Gasteiger partial charge is 0.573 e. The number of carbonyl (C=O) groups excluding carboxylic acids is 1. The van der Waals surface area contributed by atoms with Gasteiger partial charge in [0, 0.05) is 0 Å². The fraction of sp³-hybridized carbons (Fsp3) is 0.552. The maximum atomic E-state index is 12.6. The molecule has 37 heavy (non-hydrogen) atoms. The van der Waals surface area contributed by atoms with Gasteiger partial charge in [-0.1, -0.05) is 70.6 Å². The van der Waals surface area contributed by atoms with Gasteiger partial charge in [-0.25, -0.2) is 4.79 Å². The minimum Gasteiger partial charge on any atom is -0.490 e. The fourth-order valence-corrected chi connectivity index (χ4v) is 3.83.